The lowest BCUT2D eigenvalue weighted by atomic mass is 10.2. The Morgan fingerprint density at radius 3 is 2.45 bits per heavy atom. The Morgan fingerprint density at radius 1 is 1.09 bits per heavy atom. The average molecular weight is 298 g/mol. The van der Waals surface area contributed by atoms with E-state index in [1.807, 2.05) is 12.1 Å². The third-order valence-electron chi connectivity index (χ3n) is 3.97. The first kappa shape index (κ1) is 14.6. The van der Waals surface area contributed by atoms with Gasteiger partial charge in [-0.05, 0) is 30.5 Å². The van der Waals surface area contributed by atoms with Gasteiger partial charge >= 0.3 is 0 Å². The van der Waals surface area contributed by atoms with Gasteiger partial charge in [-0.25, -0.2) is 14.7 Å². The van der Waals surface area contributed by atoms with E-state index in [-0.39, 0.29) is 0 Å². The first-order chi connectivity index (χ1) is 10.8. The van der Waals surface area contributed by atoms with Crippen LogP contribution in [0.25, 0.3) is 5.69 Å². The topological polar surface area (TPSA) is 72.3 Å². The molecule has 0 amide bonds. The fourth-order valence-corrected chi connectivity index (χ4v) is 2.67. The number of aromatic nitrogens is 3. The molecule has 0 radical (unpaired) electrons. The highest BCUT2D eigenvalue weighted by atomic mass is 15.3. The summed E-state index contributed by atoms with van der Waals surface area (Å²) in [6, 6.07) is 8.13. The molecule has 0 saturated carbocycles. The van der Waals surface area contributed by atoms with Crippen molar-refractivity contribution in [3.05, 3.63) is 42.5 Å². The van der Waals surface area contributed by atoms with E-state index in [2.05, 4.69) is 32.1 Å². The molecule has 0 atom stereocenters. The highest BCUT2D eigenvalue weighted by Gasteiger charge is 2.10. The molecule has 2 aromatic rings. The second kappa shape index (κ2) is 7.06. The fraction of sp³-hybridized carbons (Fsp3) is 0.438. The van der Waals surface area contributed by atoms with Crippen molar-refractivity contribution in [1.82, 2.24) is 19.7 Å². The molecule has 1 saturated heterocycles. The molecule has 6 heteroatoms. The number of aliphatic imine (C=N–C) groups is 1. The number of likely N-dealkylation sites (tertiary alicyclic amines) is 1. The summed E-state index contributed by atoms with van der Waals surface area (Å²) in [4.78, 5) is 10.7. The van der Waals surface area contributed by atoms with Crippen molar-refractivity contribution in [3.63, 3.8) is 0 Å². The number of rotatable bonds is 3. The molecule has 1 fully saturated rings. The largest absolute Gasteiger partial charge is 0.370 e. The van der Waals surface area contributed by atoms with Crippen molar-refractivity contribution in [2.45, 2.75) is 32.2 Å². The van der Waals surface area contributed by atoms with E-state index in [0.29, 0.717) is 12.5 Å². The Morgan fingerprint density at radius 2 is 1.82 bits per heavy atom. The van der Waals surface area contributed by atoms with E-state index >= 15 is 0 Å². The van der Waals surface area contributed by atoms with E-state index in [9.17, 15) is 0 Å². The van der Waals surface area contributed by atoms with Gasteiger partial charge in [0.1, 0.15) is 12.7 Å². The molecular formula is C16H22N6. The van der Waals surface area contributed by atoms with Gasteiger partial charge in [0.25, 0.3) is 0 Å². The molecule has 0 spiro atoms. The standard InChI is InChI=1S/C16H22N6/c17-16(21-9-3-1-2-4-10-21)19-11-14-5-7-15(8-6-14)22-13-18-12-20-22/h5-8,12-13H,1-4,9-11H2,(H2,17,19). The van der Waals surface area contributed by atoms with Crippen LogP contribution in [0.2, 0.25) is 0 Å². The van der Waals surface area contributed by atoms with Crippen LogP contribution < -0.4 is 5.73 Å². The van der Waals surface area contributed by atoms with Crippen LogP contribution >= 0.6 is 0 Å². The summed E-state index contributed by atoms with van der Waals surface area (Å²) in [5, 5.41) is 4.11. The third-order valence-corrected chi connectivity index (χ3v) is 3.97. The van der Waals surface area contributed by atoms with Gasteiger partial charge in [0.15, 0.2) is 5.96 Å². The minimum absolute atomic E-state index is 0.611. The molecule has 2 N–H and O–H groups in total. The van der Waals surface area contributed by atoms with Crippen molar-refractivity contribution in [3.8, 4) is 5.69 Å². The number of guanidine groups is 1. The number of nitrogens with zero attached hydrogens (tertiary/aromatic N) is 5. The van der Waals surface area contributed by atoms with Crippen LogP contribution in [0.5, 0.6) is 0 Å². The van der Waals surface area contributed by atoms with E-state index < -0.39 is 0 Å². The average Bonchev–Trinajstić information content (AvgIpc) is 2.95. The van der Waals surface area contributed by atoms with Crippen LogP contribution in [0.15, 0.2) is 41.9 Å². The molecular weight excluding hydrogens is 276 g/mol. The minimum atomic E-state index is 0.611. The summed E-state index contributed by atoms with van der Waals surface area (Å²) in [5.41, 5.74) is 8.26. The lowest BCUT2D eigenvalue weighted by Crippen LogP contribution is -2.38. The monoisotopic (exact) mass is 298 g/mol. The number of hydrogen-bond acceptors (Lipinski definition) is 3. The Balaban J connectivity index is 1.61. The maximum atomic E-state index is 6.13. The Kier molecular flexibility index (Phi) is 4.68. The third kappa shape index (κ3) is 3.63. The van der Waals surface area contributed by atoms with Gasteiger partial charge < -0.3 is 10.6 Å². The maximum absolute atomic E-state index is 6.13. The normalized spacial score (nSPS) is 16.5. The van der Waals surface area contributed by atoms with Crippen molar-refractivity contribution in [2.24, 2.45) is 10.7 Å². The van der Waals surface area contributed by atoms with Gasteiger partial charge in [0.05, 0.1) is 12.2 Å². The van der Waals surface area contributed by atoms with Gasteiger partial charge in [-0.3, -0.25) is 0 Å². The molecule has 0 bridgehead atoms. The van der Waals surface area contributed by atoms with Gasteiger partial charge in [0.2, 0.25) is 0 Å². The van der Waals surface area contributed by atoms with Crippen molar-refractivity contribution in [1.29, 1.82) is 0 Å². The zero-order valence-corrected chi connectivity index (χ0v) is 12.7. The van der Waals surface area contributed by atoms with E-state index in [1.54, 1.807) is 11.0 Å². The van der Waals surface area contributed by atoms with Gasteiger partial charge in [-0.1, -0.05) is 25.0 Å². The lowest BCUT2D eigenvalue weighted by Gasteiger charge is -2.21. The number of nitrogens with two attached hydrogens (primary N) is 1. The molecule has 116 valence electrons. The van der Waals surface area contributed by atoms with E-state index in [1.165, 1.54) is 32.0 Å². The Bertz CT molecular complexity index is 594. The summed E-state index contributed by atoms with van der Waals surface area (Å²) in [6.45, 7) is 2.67. The van der Waals surface area contributed by atoms with E-state index in [0.717, 1.165) is 24.3 Å². The fourth-order valence-electron chi connectivity index (χ4n) is 2.67. The van der Waals surface area contributed by atoms with Crippen LogP contribution in [-0.4, -0.2) is 38.7 Å². The molecule has 1 aromatic heterocycles. The molecule has 0 aliphatic carbocycles. The van der Waals surface area contributed by atoms with Crippen LogP contribution in [0.4, 0.5) is 0 Å². The predicted molar refractivity (Wildman–Crippen MR) is 86.7 cm³/mol. The first-order valence-corrected chi connectivity index (χ1v) is 7.82. The Labute approximate surface area is 130 Å². The van der Waals surface area contributed by atoms with E-state index in [4.69, 9.17) is 5.73 Å². The van der Waals surface area contributed by atoms with Gasteiger partial charge in [-0.2, -0.15) is 5.10 Å². The van der Waals surface area contributed by atoms with Crippen molar-refractivity contribution >= 4 is 5.96 Å². The summed E-state index contributed by atoms with van der Waals surface area (Å²) < 4.78 is 1.73. The summed E-state index contributed by atoms with van der Waals surface area (Å²) in [7, 11) is 0. The van der Waals surface area contributed by atoms with Crippen LogP contribution in [0, 0.1) is 0 Å². The van der Waals surface area contributed by atoms with Crippen molar-refractivity contribution in [2.75, 3.05) is 13.1 Å². The summed E-state index contributed by atoms with van der Waals surface area (Å²) in [6.07, 6.45) is 8.23. The van der Waals surface area contributed by atoms with Crippen molar-refractivity contribution < 1.29 is 0 Å². The number of hydrogen-bond donors (Lipinski definition) is 1. The number of benzene rings is 1. The SMILES string of the molecule is NC(=NCc1ccc(-n2cncn2)cc1)N1CCCCCC1. The maximum Gasteiger partial charge on any atom is 0.191 e. The van der Waals surface area contributed by atoms with Gasteiger partial charge in [0, 0.05) is 13.1 Å². The summed E-state index contributed by atoms with van der Waals surface area (Å²) >= 11 is 0. The zero-order chi connectivity index (χ0) is 15.2. The van der Waals surface area contributed by atoms with Crippen LogP contribution in [0.3, 0.4) is 0 Å². The molecule has 0 unspecified atom stereocenters. The first-order valence-electron chi connectivity index (χ1n) is 7.82. The molecule has 1 aliphatic heterocycles. The highest BCUT2D eigenvalue weighted by Crippen LogP contribution is 2.11. The second-order valence-corrected chi connectivity index (χ2v) is 5.58. The molecule has 1 aromatic carbocycles. The van der Waals surface area contributed by atoms with Crippen LogP contribution in [-0.2, 0) is 6.54 Å². The molecule has 22 heavy (non-hydrogen) atoms. The Hall–Kier alpha value is -2.37. The summed E-state index contributed by atoms with van der Waals surface area (Å²) in [5.74, 6) is 0.669. The molecule has 3 rings (SSSR count). The molecule has 1 aliphatic rings. The molecule has 6 nitrogen and oxygen atoms in total. The highest BCUT2D eigenvalue weighted by molar-refractivity contribution is 5.78. The smallest absolute Gasteiger partial charge is 0.191 e. The second-order valence-electron chi connectivity index (χ2n) is 5.58. The minimum Gasteiger partial charge on any atom is -0.370 e. The lowest BCUT2D eigenvalue weighted by molar-refractivity contribution is 0.428. The predicted octanol–water partition coefficient (Wildman–Crippen LogP) is 1.96. The van der Waals surface area contributed by atoms with Gasteiger partial charge in [-0.15, -0.1) is 0 Å². The quantitative estimate of drug-likeness (QED) is 0.694. The van der Waals surface area contributed by atoms with Crippen LogP contribution in [0.1, 0.15) is 31.2 Å². The molecule has 2 heterocycles. The zero-order valence-electron chi connectivity index (χ0n) is 12.7.